The van der Waals surface area contributed by atoms with Crippen LogP contribution in [0.5, 0.6) is 0 Å². The van der Waals surface area contributed by atoms with E-state index in [1.165, 1.54) is 6.07 Å². The molecule has 0 saturated carbocycles. The van der Waals surface area contributed by atoms with E-state index in [9.17, 15) is 4.39 Å². The second kappa shape index (κ2) is 6.77. The lowest BCUT2D eigenvalue weighted by Gasteiger charge is -2.03. The summed E-state index contributed by atoms with van der Waals surface area (Å²) in [5.41, 5.74) is 5.61. The Labute approximate surface area is 174 Å². The van der Waals surface area contributed by atoms with Gasteiger partial charge >= 0.3 is 0 Å². The van der Waals surface area contributed by atoms with Crippen molar-refractivity contribution in [2.45, 2.75) is 0 Å². The molecule has 0 saturated heterocycles. The van der Waals surface area contributed by atoms with Crippen LogP contribution in [0.3, 0.4) is 0 Å². The number of fused-ring (bicyclic) bond motifs is 2. The lowest BCUT2D eigenvalue weighted by atomic mass is 10.1. The van der Waals surface area contributed by atoms with Gasteiger partial charge in [-0.3, -0.25) is 20.1 Å². The largest absolute Gasteiger partial charge is 0.335 e. The van der Waals surface area contributed by atoms with Crippen molar-refractivity contribution >= 4 is 22.1 Å². The van der Waals surface area contributed by atoms with Gasteiger partial charge in [0.05, 0.1) is 29.1 Å². The number of H-pyrrole nitrogens is 2. The SMILES string of the molecule is Fc1ccccc1-c1cncc2[nH]c(-c3n[nH]c4ccc(-c5cnccn5)nc34)nc12. The number of aromatic amines is 2. The molecule has 1 aromatic carbocycles. The van der Waals surface area contributed by atoms with Crippen molar-refractivity contribution < 1.29 is 4.39 Å². The zero-order valence-corrected chi connectivity index (χ0v) is 15.9. The molecule has 6 aromatic rings. The van der Waals surface area contributed by atoms with Gasteiger partial charge in [-0.25, -0.2) is 14.4 Å². The molecule has 0 bridgehead atoms. The number of imidazole rings is 1. The summed E-state index contributed by atoms with van der Waals surface area (Å²) >= 11 is 0. The standard InChI is InChI=1S/C22H13FN8/c23-14-4-2-1-3-12(14)13-9-25-11-18-19(13)29-22(28-18)21-20-16(30-31-21)6-5-15(27-20)17-10-24-7-8-26-17/h1-11H,(H,28,29)(H,30,31). The van der Waals surface area contributed by atoms with E-state index in [1.54, 1.807) is 49.2 Å². The summed E-state index contributed by atoms with van der Waals surface area (Å²) in [7, 11) is 0. The Kier molecular flexibility index (Phi) is 3.79. The highest BCUT2D eigenvalue weighted by Crippen LogP contribution is 2.31. The maximum atomic E-state index is 14.4. The number of aromatic nitrogens is 8. The van der Waals surface area contributed by atoms with Crippen LogP contribution in [0.1, 0.15) is 0 Å². The summed E-state index contributed by atoms with van der Waals surface area (Å²) in [5, 5.41) is 7.38. The summed E-state index contributed by atoms with van der Waals surface area (Å²) < 4.78 is 14.4. The number of halogens is 1. The van der Waals surface area contributed by atoms with E-state index in [2.05, 4.69) is 30.1 Å². The lowest BCUT2D eigenvalue weighted by molar-refractivity contribution is 0.631. The van der Waals surface area contributed by atoms with Crippen LogP contribution in [0, 0.1) is 5.82 Å². The summed E-state index contributed by atoms with van der Waals surface area (Å²) in [4.78, 5) is 25.3. The average Bonchev–Trinajstić information content (AvgIpc) is 3.43. The molecule has 2 N–H and O–H groups in total. The molecule has 0 aliphatic carbocycles. The Morgan fingerprint density at radius 2 is 1.68 bits per heavy atom. The second-order valence-corrected chi connectivity index (χ2v) is 6.90. The first-order chi connectivity index (χ1) is 15.3. The smallest absolute Gasteiger partial charge is 0.161 e. The third-order valence-corrected chi connectivity index (χ3v) is 5.02. The fourth-order valence-electron chi connectivity index (χ4n) is 3.56. The Balaban J connectivity index is 1.53. The van der Waals surface area contributed by atoms with Crippen LogP contribution in [0.15, 0.2) is 67.4 Å². The normalized spacial score (nSPS) is 11.4. The molecule has 0 fully saturated rings. The highest BCUT2D eigenvalue weighted by molar-refractivity contribution is 5.95. The minimum absolute atomic E-state index is 0.332. The van der Waals surface area contributed by atoms with Gasteiger partial charge in [0.1, 0.15) is 22.5 Å². The van der Waals surface area contributed by atoms with E-state index < -0.39 is 0 Å². The molecular weight excluding hydrogens is 395 g/mol. The van der Waals surface area contributed by atoms with E-state index in [4.69, 9.17) is 9.97 Å². The molecular formula is C22H13FN8. The Morgan fingerprint density at radius 1 is 0.742 bits per heavy atom. The van der Waals surface area contributed by atoms with E-state index in [1.807, 2.05) is 12.1 Å². The quantitative estimate of drug-likeness (QED) is 0.455. The molecule has 0 aliphatic heterocycles. The number of rotatable bonds is 3. The summed E-state index contributed by atoms with van der Waals surface area (Å²) in [6, 6.07) is 10.3. The van der Waals surface area contributed by atoms with Gasteiger partial charge in [0, 0.05) is 29.7 Å². The number of nitrogens with zero attached hydrogens (tertiary/aromatic N) is 6. The molecule has 0 spiro atoms. The second-order valence-electron chi connectivity index (χ2n) is 6.90. The van der Waals surface area contributed by atoms with Gasteiger partial charge in [0.2, 0.25) is 0 Å². The van der Waals surface area contributed by atoms with Crippen LogP contribution in [0.25, 0.3) is 56.1 Å². The highest BCUT2D eigenvalue weighted by Gasteiger charge is 2.18. The third-order valence-electron chi connectivity index (χ3n) is 5.02. The zero-order valence-electron chi connectivity index (χ0n) is 15.9. The molecule has 5 heterocycles. The van der Waals surface area contributed by atoms with Gasteiger partial charge in [-0.2, -0.15) is 5.10 Å². The van der Waals surface area contributed by atoms with Crippen LogP contribution in [0.2, 0.25) is 0 Å². The first-order valence-electron chi connectivity index (χ1n) is 9.48. The molecule has 6 rings (SSSR count). The number of nitrogens with one attached hydrogen (secondary N) is 2. The fraction of sp³-hybridized carbons (Fsp3) is 0. The predicted molar refractivity (Wildman–Crippen MR) is 113 cm³/mol. The first kappa shape index (κ1) is 17.3. The summed E-state index contributed by atoms with van der Waals surface area (Å²) in [5.74, 6) is 0.178. The molecule has 0 unspecified atom stereocenters. The van der Waals surface area contributed by atoms with Gasteiger partial charge in [0.15, 0.2) is 11.5 Å². The van der Waals surface area contributed by atoms with Crippen LogP contribution < -0.4 is 0 Å². The van der Waals surface area contributed by atoms with Crippen molar-refractivity contribution in [3.05, 3.63) is 73.2 Å². The Hall–Kier alpha value is -4.53. The van der Waals surface area contributed by atoms with Gasteiger partial charge in [-0.05, 0) is 18.2 Å². The molecule has 8 nitrogen and oxygen atoms in total. The molecule has 0 amide bonds. The van der Waals surface area contributed by atoms with Crippen molar-refractivity contribution in [2.75, 3.05) is 0 Å². The summed E-state index contributed by atoms with van der Waals surface area (Å²) in [6.07, 6.45) is 8.15. The Bertz CT molecular complexity index is 1550. The van der Waals surface area contributed by atoms with Gasteiger partial charge in [0.25, 0.3) is 0 Å². The van der Waals surface area contributed by atoms with Crippen LogP contribution in [0.4, 0.5) is 4.39 Å². The van der Waals surface area contributed by atoms with E-state index in [0.717, 1.165) is 5.52 Å². The van der Waals surface area contributed by atoms with Crippen molar-refractivity contribution in [3.8, 4) is 34.0 Å². The van der Waals surface area contributed by atoms with Crippen LogP contribution in [-0.4, -0.2) is 40.1 Å². The predicted octanol–water partition coefficient (Wildman–Crippen LogP) is 4.16. The highest BCUT2D eigenvalue weighted by atomic mass is 19.1. The van der Waals surface area contributed by atoms with Gasteiger partial charge < -0.3 is 4.98 Å². The van der Waals surface area contributed by atoms with Crippen molar-refractivity contribution in [1.82, 2.24) is 40.1 Å². The van der Waals surface area contributed by atoms with Crippen molar-refractivity contribution in [3.63, 3.8) is 0 Å². The maximum absolute atomic E-state index is 14.4. The Morgan fingerprint density at radius 3 is 2.55 bits per heavy atom. The monoisotopic (exact) mass is 408 g/mol. The molecule has 0 radical (unpaired) electrons. The number of hydrogen-bond donors (Lipinski definition) is 2. The van der Waals surface area contributed by atoms with Crippen LogP contribution >= 0.6 is 0 Å². The molecule has 31 heavy (non-hydrogen) atoms. The fourth-order valence-corrected chi connectivity index (χ4v) is 3.56. The molecule has 0 atom stereocenters. The van der Waals surface area contributed by atoms with E-state index in [-0.39, 0.29) is 5.82 Å². The maximum Gasteiger partial charge on any atom is 0.161 e. The number of benzene rings is 1. The molecule has 9 heteroatoms. The first-order valence-corrected chi connectivity index (χ1v) is 9.48. The minimum Gasteiger partial charge on any atom is -0.335 e. The van der Waals surface area contributed by atoms with Crippen molar-refractivity contribution in [2.24, 2.45) is 0 Å². The molecule has 5 aromatic heterocycles. The minimum atomic E-state index is -0.332. The number of hydrogen-bond acceptors (Lipinski definition) is 6. The zero-order chi connectivity index (χ0) is 20.8. The van der Waals surface area contributed by atoms with Gasteiger partial charge in [-0.1, -0.05) is 18.2 Å². The van der Waals surface area contributed by atoms with Gasteiger partial charge in [-0.15, -0.1) is 0 Å². The topological polar surface area (TPSA) is 109 Å². The summed E-state index contributed by atoms with van der Waals surface area (Å²) in [6.45, 7) is 0. The molecule has 148 valence electrons. The van der Waals surface area contributed by atoms with Crippen LogP contribution in [-0.2, 0) is 0 Å². The van der Waals surface area contributed by atoms with Crippen molar-refractivity contribution in [1.29, 1.82) is 0 Å². The molecule has 0 aliphatic rings. The number of pyridine rings is 2. The van der Waals surface area contributed by atoms with E-state index >= 15 is 0 Å². The average molecular weight is 408 g/mol. The third kappa shape index (κ3) is 2.83. The van der Waals surface area contributed by atoms with E-state index in [0.29, 0.717) is 50.6 Å². The lowest BCUT2D eigenvalue weighted by Crippen LogP contribution is -1.89.